The highest BCUT2D eigenvalue weighted by atomic mass is 35.5. The Morgan fingerprint density at radius 2 is 1.89 bits per heavy atom. The van der Waals surface area contributed by atoms with E-state index in [4.69, 9.17) is 11.6 Å². The second-order valence-corrected chi connectivity index (χ2v) is 6.70. The van der Waals surface area contributed by atoms with Crippen molar-refractivity contribution in [3.05, 3.63) is 34.9 Å². The van der Waals surface area contributed by atoms with Gasteiger partial charge in [-0.1, -0.05) is 44.5 Å². The number of rotatable bonds is 6. The van der Waals surface area contributed by atoms with Gasteiger partial charge in [0, 0.05) is 17.6 Å². The lowest BCUT2D eigenvalue weighted by molar-refractivity contribution is 0.300. The molecule has 18 heavy (non-hydrogen) atoms. The molecular weight excluding hydrogens is 242 g/mol. The third kappa shape index (κ3) is 3.73. The van der Waals surface area contributed by atoms with E-state index in [9.17, 15) is 0 Å². The predicted octanol–water partition coefficient (Wildman–Crippen LogP) is 4.82. The molecule has 0 heterocycles. The van der Waals surface area contributed by atoms with Crippen LogP contribution in [0.15, 0.2) is 24.3 Å². The van der Waals surface area contributed by atoms with Gasteiger partial charge in [0.15, 0.2) is 0 Å². The molecule has 2 heteroatoms. The molecule has 0 amide bonds. The maximum atomic E-state index is 5.96. The lowest BCUT2D eigenvalue weighted by Crippen LogP contribution is -2.33. The first-order valence-electron chi connectivity index (χ1n) is 7.01. The first-order chi connectivity index (χ1) is 8.52. The summed E-state index contributed by atoms with van der Waals surface area (Å²) in [6, 6.07) is 8.83. The molecule has 1 aromatic carbocycles. The van der Waals surface area contributed by atoms with Gasteiger partial charge in [-0.15, -0.1) is 0 Å². The molecule has 0 radical (unpaired) electrons. The maximum absolute atomic E-state index is 5.96. The van der Waals surface area contributed by atoms with Gasteiger partial charge >= 0.3 is 0 Å². The van der Waals surface area contributed by atoms with Crippen LogP contribution in [0.4, 0.5) is 0 Å². The van der Waals surface area contributed by atoms with Crippen molar-refractivity contribution in [3.63, 3.8) is 0 Å². The summed E-state index contributed by atoms with van der Waals surface area (Å²) in [5, 5.41) is 4.59. The largest absolute Gasteiger partial charge is 0.309 e. The molecule has 100 valence electrons. The summed E-state index contributed by atoms with van der Waals surface area (Å²) in [6.45, 7) is 7.99. The summed E-state index contributed by atoms with van der Waals surface area (Å²) < 4.78 is 0. The minimum absolute atomic E-state index is 0.375. The average molecular weight is 266 g/mol. The number of hydrogen-bond acceptors (Lipinski definition) is 1. The monoisotopic (exact) mass is 265 g/mol. The van der Waals surface area contributed by atoms with Crippen molar-refractivity contribution < 1.29 is 0 Å². The average Bonchev–Trinajstić information content (AvgIpc) is 3.16. The summed E-state index contributed by atoms with van der Waals surface area (Å²) in [7, 11) is 0. The van der Waals surface area contributed by atoms with Crippen molar-refractivity contribution >= 4 is 11.6 Å². The molecular formula is C16H24ClN. The van der Waals surface area contributed by atoms with E-state index in [0.29, 0.717) is 11.5 Å². The van der Waals surface area contributed by atoms with Crippen molar-refractivity contribution in [2.75, 3.05) is 6.54 Å². The summed E-state index contributed by atoms with van der Waals surface area (Å²) in [6.07, 6.45) is 3.91. The van der Waals surface area contributed by atoms with E-state index < -0.39 is 0 Å². The highest BCUT2D eigenvalue weighted by molar-refractivity contribution is 6.30. The predicted molar refractivity (Wildman–Crippen MR) is 79.0 cm³/mol. The van der Waals surface area contributed by atoms with Crippen LogP contribution < -0.4 is 5.32 Å². The minimum Gasteiger partial charge on any atom is -0.309 e. The van der Waals surface area contributed by atoms with Crippen LogP contribution in [-0.4, -0.2) is 6.54 Å². The molecule has 0 aromatic heterocycles. The van der Waals surface area contributed by atoms with E-state index in [1.807, 2.05) is 12.1 Å². The fourth-order valence-electron chi connectivity index (χ4n) is 2.17. The zero-order chi connectivity index (χ0) is 13.2. The standard InChI is InChI=1S/C16H24ClN/c1-4-16(2,3)11-18-15(12-5-6-12)13-7-9-14(17)10-8-13/h7-10,12,15,18H,4-6,11H2,1-3H3. The third-order valence-electron chi connectivity index (χ3n) is 4.08. The topological polar surface area (TPSA) is 12.0 Å². The van der Waals surface area contributed by atoms with Crippen molar-refractivity contribution in [1.29, 1.82) is 0 Å². The molecule has 1 aliphatic rings. The van der Waals surface area contributed by atoms with Crippen LogP contribution in [0.5, 0.6) is 0 Å². The van der Waals surface area contributed by atoms with Gasteiger partial charge in [-0.05, 0) is 48.3 Å². The zero-order valence-electron chi connectivity index (χ0n) is 11.7. The molecule has 1 nitrogen and oxygen atoms in total. The van der Waals surface area contributed by atoms with Crippen molar-refractivity contribution in [3.8, 4) is 0 Å². The molecule has 1 fully saturated rings. The first kappa shape index (κ1) is 13.9. The van der Waals surface area contributed by atoms with Gasteiger partial charge in [-0.2, -0.15) is 0 Å². The third-order valence-corrected chi connectivity index (χ3v) is 4.33. The molecule has 1 unspecified atom stereocenters. The Hall–Kier alpha value is -0.530. The van der Waals surface area contributed by atoms with Crippen LogP contribution in [0.3, 0.4) is 0 Å². The molecule has 0 aliphatic heterocycles. The van der Waals surface area contributed by atoms with E-state index in [2.05, 4.69) is 38.2 Å². The Balaban J connectivity index is 2.02. The van der Waals surface area contributed by atoms with E-state index in [1.165, 1.54) is 24.8 Å². The van der Waals surface area contributed by atoms with Crippen LogP contribution in [-0.2, 0) is 0 Å². The first-order valence-corrected chi connectivity index (χ1v) is 7.38. The Morgan fingerprint density at radius 3 is 2.39 bits per heavy atom. The van der Waals surface area contributed by atoms with E-state index in [0.717, 1.165) is 17.5 Å². The Bertz CT molecular complexity index is 379. The normalized spacial score (nSPS) is 17.8. The quantitative estimate of drug-likeness (QED) is 0.778. The Morgan fingerprint density at radius 1 is 1.28 bits per heavy atom. The van der Waals surface area contributed by atoms with Gasteiger partial charge in [0.05, 0.1) is 0 Å². The highest BCUT2D eigenvalue weighted by Gasteiger charge is 2.32. The number of hydrogen-bond donors (Lipinski definition) is 1. The SMILES string of the molecule is CCC(C)(C)CNC(c1ccc(Cl)cc1)C1CC1. The fraction of sp³-hybridized carbons (Fsp3) is 0.625. The van der Waals surface area contributed by atoms with Gasteiger partial charge in [0.2, 0.25) is 0 Å². The number of nitrogens with one attached hydrogen (secondary N) is 1. The van der Waals surface area contributed by atoms with E-state index >= 15 is 0 Å². The van der Waals surface area contributed by atoms with Gasteiger partial charge < -0.3 is 5.32 Å². The van der Waals surface area contributed by atoms with Gasteiger partial charge in [0.25, 0.3) is 0 Å². The van der Waals surface area contributed by atoms with Crippen LogP contribution in [0.1, 0.15) is 51.6 Å². The lowest BCUT2D eigenvalue weighted by Gasteiger charge is -2.27. The minimum atomic E-state index is 0.375. The number of benzene rings is 1. The number of halogens is 1. The van der Waals surface area contributed by atoms with Gasteiger partial charge in [-0.3, -0.25) is 0 Å². The van der Waals surface area contributed by atoms with Gasteiger partial charge in [-0.25, -0.2) is 0 Å². The Labute approximate surface area is 116 Å². The van der Waals surface area contributed by atoms with Crippen LogP contribution >= 0.6 is 11.6 Å². The van der Waals surface area contributed by atoms with E-state index in [1.54, 1.807) is 0 Å². The second-order valence-electron chi connectivity index (χ2n) is 6.27. The molecule has 0 saturated heterocycles. The molecule has 1 N–H and O–H groups in total. The van der Waals surface area contributed by atoms with E-state index in [-0.39, 0.29) is 0 Å². The van der Waals surface area contributed by atoms with Gasteiger partial charge in [0.1, 0.15) is 0 Å². The summed E-state index contributed by atoms with van der Waals surface area (Å²) in [5.74, 6) is 0.818. The lowest BCUT2D eigenvalue weighted by atomic mass is 9.89. The molecule has 1 saturated carbocycles. The fourth-order valence-corrected chi connectivity index (χ4v) is 2.29. The van der Waals surface area contributed by atoms with Crippen LogP contribution in [0.2, 0.25) is 5.02 Å². The molecule has 0 spiro atoms. The van der Waals surface area contributed by atoms with Crippen molar-refractivity contribution in [2.24, 2.45) is 11.3 Å². The maximum Gasteiger partial charge on any atom is 0.0406 e. The smallest absolute Gasteiger partial charge is 0.0406 e. The highest BCUT2D eigenvalue weighted by Crippen LogP contribution is 2.41. The summed E-state index contributed by atoms with van der Waals surface area (Å²) in [4.78, 5) is 0. The zero-order valence-corrected chi connectivity index (χ0v) is 12.4. The summed E-state index contributed by atoms with van der Waals surface area (Å²) in [5.41, 5.74) is 1.76. The van der Waals surface area contributed by atoms with Crippen LogP contribution in [0.25, 0.3) is 0 Å². The Kier molecular flexibility index (Phi) is 4.34. The van der Waals surface area contributed by atoms with Crippen molar-refractivity contribution in [1.82, 2.24) is 5.32 Å². The summed E-state index contributed by atoms with van der Waals surface area (Å²) >= 11 is 5.96. The van der Waals surface area contributed by atoms with Crippen molar-refractivity contribution in [2.45, 2.75) is 46.1 Å². The molecule has 2 rings (SSSR count). The second kappa shape index (κ2) is 5.63. The van der Waals surface area contributed by atoms with Crippen LogP contribution in [0, 0.1) is 11.3 Å². The molecule has 0 bridgehead atoms. The molecule has 1 aromatic rings. The molecule has 1 atom stereocenters. The molecule has 1 aliphatic carbocycles.